The molecule has 0 atom stereocenters. The first-order valence-electron chi connectivity index (χ1n) is 12.0. The molecule has 0 aliphatic carbocycles. The second kappa shape index (κ2) is 10.6. The molecule has 2 aromatic carbocycles. The van der Waals surface area contributed by atoms with Crippen LogP contribution in [0.15, 0.2) is 65.4 Å². The molecule has 4 aromatic rings. The van der Waals surface area contributed by atoms with Crippen LogP contribution in [-0.4, -0.2) is 70.3 Å². The Bertz CT molecular complexity index is 1290. The summed E-state index contributed by atoms with van der Waals surface area (Å²) in [7, 11) is 2.07. The highest BCUT2D eigenvalue weighted by molar-refractivity contribution is 6.31. The number of para-hydroxylation sites is 1. The summed E-state index contributed by atoms with van der Waals surface area (Å²) >= 11 is 6.47. The molecule has 2 aromatic heterocycles. The van der Waals surface area contributed by atoms with E-state index in [1.165, 1.54) is 17.2 Å². The molecular weight excluding hydrogens is 462 g/mol. The van der Waals surface area contributed by atoms with Crippen LogP contribution < -0.4 is 0 Å². The van der Waals surface area contributed by atoms with Gasteiger partial charge in [0.15, 0.2) is 5.69 Å². The number of piperazine rings is 1. The predicted molar refractivity (Wildman–Crippen MR) is 137 cm³/mol. The van der Waals surface area contributed by atoms with E-state index in [4.69, 9.17) is 16.0 Å². The van der Waals surface area contributed by atoms with Crippen molar-refractivity contribution in [2.45, 2.75) is 19.5 Å². The highest BCUT2D eigenvalue weighted by Crippen LogP contribution is 2.22. The maximum absolute atomic E-state index is 12.9. The molecule has 1 amide bonds. The van der Waals surface area contributed by atoms with E-state index in [0.29, 0.717) is 37.8 Å². The molecule has 5 rings (SSSR count). The molecule has 0 saturated carbocycles. The highest BCUT2D eigenvalue weighted by Gasteiger charge is 2.23. The van der Waals surface area contributed by atoms with Crippen LogP contribution in [0, 0.1) is 0 Å². The van der Waals surface area contributed by atoms with Crippen LogP contribution in [0.25, 0.3) is 10.9 Å². The largest absolute Gasteiger partial charge is 0.447 e. The highest BCUT2D eigenvalue weighted by atomic mass is 35.5. The zero-order chi connectivity index (χ0) is 24.2. The molecule has 1 aliphatic rings. The fraction of sp³-hybridized carbons (Fsp3) is 0.333. The molecule has 3 heterocycles. The maximum atomic E-state index is 12.9. The quantitative estimate of drug-likeness (QED) is 0.394. The van der Waals surface area contributed by atoms with Gasteiger partial charge in [0.1, 0.15) is 6.26 Å². The van der Waals surface area contributed by atoms with Crippen molar-refractivity contribution in [3.8, 4) is 0 Å². The predicted octanol–water partition coefficient (Wildman–Crippen LogP) is 4.44. The molecule has 1 fully saturated rings. The van der Waals surface area contributed by atoms with E-state index in [-0.39, 0.29) is 5.91 Å². The average Bonchev–Trinajstić information content (AvgIpc) is 3.51. The van der Waals surface area contributed by atoms with Gasteiger partial charge in [0, 0.05) is 61.4 Å². The smallest absolute Gasteiger partial charge is 0.275 e. The number of carbonyl (C=O) groups is 1. The van der Waals surface area contributed by atoms with E-state index >= 15 is 0 Å². The van der Waals surface area contributed by atoms with Gasteiger partial charge in [-0.15, -0.1) is 0 Å². The number of rotatable bonds is 8. The van der Waals surface area contributed by atoms with Gasteiger partial charge in [-0.05, 0) is 36.7 Å². The van der Waals surface area contributed by atoms with E-state index in [2.05, 4.69) is 51.2 Å². The van der Waals surface area contributed by atoms with Crippen LogP contribution in [-0.2, 0) is 19.5 Å². The number of hydrogen-bond acceptors (Lipinski definition) is 5. The van der Waals surface area contributed by atoms with Gasteiger partial charge < -0.3 is 19.2 Å². The van der Waals surface area contributed by atoms with E-state index in [1.54, 1.807) is 0 Å². The number of nitrogens with one attached hydrogen (secondary N) is 1. The molecule has 1 N–H and O–H groups in total. The number of aromatic nitrogens is 2. The third-order valence-corrected chi connectivity index (χ3v) is 7.01. The Morgan fingerprint density at radius 2 is 1.83 bits per heavy atom. The van der Waals surface area contributed by atoms with Crippen molar-refractivity contribution < 1.29 is 9.21 Å². The number of nitrogens with zero attached hydrogens (tertiary/aromatic N) is 4. The zero-order valence-electron chi connectivity index (χ0n) is 19.9. The summed E-state index contributed by atoms with van der Waals surface area (Å²) in [4.78, 5) is 27.1. The van der Waals surface area contributed by atoms with Gasteiger partial charge in [-0.2, -0.15) is 0 Å². The molecule has 0 radical (unpaired) electrons. The fourth-order valence-electron chi connectivity index (χ4n) is 4.54. The standard InChI is InChI=1S/C27H30ClN5O2/c1-31-12-14-33(15-13-31)27(34)25-19-35-26(30-25)18-32(17-21-6-2-4-8-23(21)28)11-10-20-16-29-24-9-5-3-7-22(20)24/h2-9,16,19,29H,10-15,17-18H2,1H3. The Morgan fingerprint density at radius 1 is 1.06 bits per heavy atom. The lowest BCUT2D eigenvalue weighted by molar-refractivity contribution is 0.0658. The molecule has 0 bridgehead atoms. The minimum atomic E-state index is -0.0652. The second-order valence-corrected chi connectivity index (χ2v) is 9.54. The Balaban J connectivity index is 1.30. The van der Waals surface area contributed by atoms with Crippen molar-refractivity contribution in [1.82, 2.24) is 24.7 Å². The van der Waals surface area contributed by atoms with Gasteiger partial charge in [0.25, 0.3) is 5.91 Å². The number of aromatic amines is 1. The normalized spacial score (nSPS) is 14.8. The van der Waals surface area contributed by atoms with Gasteiger partial charge in [0.05, 0.1) is 6.54 Å². The summed E-state index contributed by atoms with van der Waals surface area (Å²) in [6.07, 6.45) is 4.43. The number of fused-ring (bicyclic) bond motifs is 1. The number of oxazole rings is 1. The van der Waals surface area contributed by atoms with Gasteiger partial charge in [-0.1, -0.05) is 48.0 Å². The average molecular weight is 492 g/mol. The number of H-pyrrole nitrogens is 1. The van der Waals surface area contributed by atoms with E-state index in [1.807, 2.05) is 35.2 Å². The Morgan fingerprint density at radius 3 is 2.66 bits per heavy atom. The minimum Gasteiger partial charge on any atom is -0.447 e. The molecule has 1 saturated heterocycles. The number of hydrogen-bond donors (Lipinski definition) is 1. The SMILES string of the molecule is CN1CCN(C(=O)c2coc(CN(CCc3c[nH]c4ccccc34)Cc3ccccc3Cl)n2)CC1. The van der Waals surface area contributed by atoms with Crippen LogP contribution in [0.5, 0.6) is 0 Å². The Labute approximate surface area is 210 Å². The first-order chi connectivity index (χ1) is 17.1. The van der Waals surface area contributed by atoms with Crippen molar-refractivity contribution in [3.63, 3.8) is 0 Å². The molecule has 8 heteroatoms. The lowest BCUT2D eigenvalue weighted by Gasteiger charge is -2.31. The summed E-state index contributed by atoms with van der Waals surface area (Å²) in [6, 6.07) is 16.2. The fourth-order valence-corrected chi connectivity index (χ4v) is 4.74. The number of halogens is 1. The lowest BCUT2D eigenvalue weighted by atomic mass is 10.1. The van der Waals surface area contributed by atoms with Crippen molar-refractivity contribution in [2.24, 2.45) is 0 Å². The summed E-state index contributed by atoms with van der Waals surface area (Å²) < 4.78 is 5.75. The maximum Gasteiger partial charge on any atom is 0.275 e. The summed E-state index contributed by atoms with van der Waals surface area (Å²) in [6.45, 7) is 5.10. The third kappa shape index (κ3) is 5.59. The van der Waals surface area contributed by atoms with Crippen LogP contribution in [0.2, 0.25) is 5.02 Å². The molecule has 35 heavy (non-hydrogen) atoms. The number of likely N-dealkylation sites (N-methyl/N-ethyl adjacent to an activating group) is 1. The van der Waals surface area contributed by atoms with Crippen LogP contribution in [0.4, 0.5) is 0 Å². The van der Waals surface area contributed by atoms with Crippen LogP contribution in [0.3, 0.4) is 0 Å². The first-order valence-corrected chi connectivity index (χ1v) is 12.4. The van der Waals surface area contributed by atoms with Gasteiger partial charge >= 0.3 is 0 Å². The van der Waals surface area contributed by atoms with Crippen molar-refractivity contribution in [3.05, 3.63) is 88.7 Å². The molecule has 182 valence electrons. The lowest BCUT2D eigenvalue weighted by Crippen LogP contribution is -2.47. The first kappa shape index (κ1) is 23.6. The monoisotopic (exact) mass is 491 g/mol. The zero-order valence-corrected chi connectivity index (χ0v) is 20.7. The number of benzene rings is 2. The Kier molecular flexibility index (Phi) is 7.18. The van der Waals surface area contributed by atoms with Gasteiger partial charge in [-0.3, -0.25) is 9.69 Å². The Hall–Kier alpha value is -3.13. The van der Waals surface area contributed by atoms with Gasteiger partial charge in [-0.25, -0.2) is 4.98 Å². The molecule has 0 unspecified atom stereocenters. The number of carbonyl (C=O) groups excluding carboxylic acids is 1. The summed E-state index contributed by atoms with van der Waals surface area (Å²) in [5.41, 5.74) is 3.83. The molecule has 1 aliphatic heterocycles. The van der Waals surface area contributed by atoms with Crippen LogP contribution >= 0.6 is 11.6 Å². The van der Waals surface area contributed by atoms with E-state index in [9.17, 15) is 4.79 Å². The third-order valence-electron chi connectivity index (χ3n) is 6.64. The minimum absolute atomic E-state index is 0.0652. The molecular formula is C27H30ClN5O2. The topological polar surface area (TPSA) is 68.6 Å². The van der Waals surface area contributed by atoms with Crippen LogP contribution in [0.1, 0.15) is 27.5 Å². The molecule has 0 spiro atoms. The van der Waals surface area contributed by atoms with E-state index in [0.717, 1.165) is 42.2 Å². The van der Waals surface area contributed by atoms with Crippen molar-refractivity contribution in [2.75, 3.05) is 39.8 Å². The second-order valence-electron chi connectivity index (χ2n) is 9.13. The van der Waals surface area contributed by atoms with Crippen molar-refractivity contribution in [1.29, 1.82) is 0 Å². The van der Waals surface area contributed by atoms with Gasteiger partial charge in [0.2, 0.25) is 5.89 Å². The summed E-state index contributed by atoms with van der Waals surface area (Å²) in [5.74, 6) is 0.470. The number of amides is 1. The summed E-state index contributed by atoms with van der Waals surface area (Å²) in [5, 5.41) is 1.98. The molecule has 7 nitrogen and oxygen atoms in total. The van der Waals surface area contributed by atoms with Crippen molar-refractivity contribution >= 4 is 28.4 Å². The van der Waals surface area contributed by atoms with E-state index < -0.39 is 0 Å².